The van der Waals surface area contributed by atoms with E-state index < -0.39 is 11.7 Å². The van der Waals surface area contributed by atoms with Crippen molar-refractivity contribution in [3.63, 3.8) is 0 Å². The van der Waals surface area contributed by atoms with E-state index in [0.29, 0.717) is 10.3 Å². The minimum atomic E-state index is -0.551. The van der Waals surface area contributed by atoms with Crippen molar-refractivity contribution in [2.75, 3.05) is 0 Å². The molecule has 0 saturated carbocycles. The minimum absolute atomic E-state index is 0.00549. The van der Waals surface area contributed by atoms with Crippen LogP contribution in [0.4, 0.5) is 4.39 Å². The lowest BCUT2D eigenvalue weighted by atomic mass is 10.2. The van der Waals surface area contributed by atoms with Gasteiger partial charge in [-0.1, -0.05) is 15.9 Å². The number of amides is 1. The summed E-state index contributed by atoms with van der Waals surface area (Å²) < 4.78 is 14.0. The van der Waals surface area contributed by atoms with Gasteiger partial charge in [0.1, 0.15) is 11.6 Å². The predicted octanol–water partition coefficient (Wildman–Crippen LogP) is 2.24. The molecule has 0 aliphatic rings. The summed E-state index contributed by atoms with van der Waals surface area (Å²) in [6.45, 7) is 0.234. The van der Waals surface area contributed by atoms with Gasteiger partial charge >= 0.3 is 0 Å². The van der Waals surface area contributed by atoms with Crippen molar-refractivity contribution in [1.29, 1.82) is 0 Å². The Kier molecular flexibility index (Phi) is 3.53. The number of aromatic nitrogens is 2. The molecule has 2 N–H and O–H groups in total. The topological polar surface area (TPSA) is 57.8 Å². The number of hydrogen-bond donors (Lipinski definition) is 2. The second-order valence-electron chi connectivity index (χ2n) is 3.34. The van der Waals surface area contributed by atoms with Crippen LogP contribution in [0.2, 0.25) is 0 Å². The molecule has 4 nitrogen and oxygen atoms in total. The SMILES string of the molecule is O=C(NCc1ncc[nH]1)c1cc(Br)ccc1F. The van der Waals surface area contributed by atoms with Crippen LogP contribution in [0.1, 0.15) is 16.2 Å². The lowest BCUT2D eigenvalue weighted by molar-refractivity contribution is 0.0946. The highest BCUT2D eigenvalue weighted by molar-refractivity contribution is 9.10. The van der Waals surface area contributed by atoms with Crippen LogP contribution in [0.25, 0.3) is 0 Å². The molecule has 0 radical (unpaired) electrons. The zero-order valence-electron chi connectivity index (χ0n) is 8.71. The Morgan fingerprint density at radius 3 is 3.06 bits per heavy atom. The van der Waals surface area contributed by atoms with Crippen LogP contribution in [0.5, 0.6) is 0 Å². The first-order chi connectivity index (χ1) is 8.16. The highest BCUT2D eigenvalue weighted by atomic mass is 79.9. The molecule has 0 saturated heterocycles. The maximum Gasteiger partial charge on any atom is 0.254 e. The van der Waals surface area contributed by atoms with E-state index in [0.717, 1.165) is 0 Å². The number of hydrogen-bond acceptors (Lipinski definition) is 2. The van der Waals surface area contributed by atoms with Crippen molar-refractivity contribution >= 4 is 21.8 Å². The first-order valence-electron chi connectivity index (χ1n) is 4.88. The molecule has 0 aliphatic carbocycles. The number of rotatable bonds is 3. The van der Waals surface area contributed by atoms with Crippen molar-refractivity contribution in [2.45, 2.75) is 6.54 Å². The van der Waals surface area contributed by atoms with Crippen molar-refractivity contribution < 1.29 is 9.18 Å². The van der Waals surface area contributed by atoms with Gasteiger partial charge in [0.2, 0.25) is 0 Å². The predicted molar refractivity (Wildman–Crippen MR) is 63.9 cm³/mol. The molecule has 1 aromatic carbocycles. The summed E-state index contributed by atoms with van der Waals surface area (Å²) in [5, 5.41) is 2.58. The molecule has 1 aromatic heterocycles. The number of halogens is 2. The zero-order chi connectivity index (χ0) is 12.3. The van der Waals surface area contributed by atoms with Crippen LogP contribution in [-0.4, -0.2) is 15.9 Å². The second kappa shape index (κ2) is 5.09. The van der Waals surface area contributed by atoms with Gasteiger partial charge in [-0.3, -0.25) is 4.79 Å². The van der Waals surface area contributed by atoms with Gasteiger partial charge in [0.05, 0.1) is 12.1 Å². The smallest absolute Gasteiger partial charge is 0.254 e. The molecule has 0 fully saturated rings. The van der Waals surface area contributed by atoms with Crippen LogP contribution in [0.3, 0.4) is 0 Å². The summed E-state index contributed by atoms with van der Waals surface area (Å²) in [6.07, 6.45) is 3.24. The third-order valence-corrected chi connectivity index (χ3v) is 2.64. The number of benzene rings is 1. The largest absolute Gasteiger partial charge is 0.347 e. The van der Waals surface area contributed by atoms with Crippen molar-refractivity contribution in [3.05, 3.63) is 52.3 Å². The van der Waals surface area contributed by atoms with Gasteiger partial charge in [-0.05, 0) is 18.2 Å². The summed E-state index contributed by atoms with van der Waals surface area (Å²) in [5.74, 6) is -0.404. The van der Waals surface area contributed by atoms with E-state index in [4.69, 9.17) is 0 Å². The molecule has 0 bridgehead atoms. The summed E-state index contributed by atoms with van der Waals surface area (Å²) in [6, 6.07) is 4.22. The van der Waals surface area contributed by atoms with Gasteiger partial charge in [0.25, 0.3) is 5.91 Å². The summed E-state index contributed by atoms with van der Waals surface area (Å²) in [5.41, 5.74) is 0.00549. The Morgan fingerprint density at radius 2 is 2.35 bits per heavy atom. The molecule has 6 heteroatoms. The average Bonchev–Trinajstić information content (AvgIpc) is 2.82. The van der Waals surface area contributed by atoms with Gasteiger partial charge in [0, 0.05) is 16.9 Å². The van der Waals surface area contributed by atoms with E-state index in [9.17, 15) is 9.18 Å². The van der Waals surface area contributed by atoms with Gasteiger partial charge in [-0.25, -0.2) is 9.37 Å². The maximum atomic E-state index is 13.4. The molecule has 88 valence electrons. The molecule has 1 heterocycles. The summed E-state index contributed by atoms with van der Waals surface area (Å²) in [4.78, 5) is 18.5. The van der Waals surface area contributed by atoms with Crippen LogP contribution in [0.15, 0.2) is 35.1 Å². The molecule has 17 heavy (non-hydrogen) atoms. The molecular weight excluding hydrogens is 289 g/mol. The van der Waals surface area contributed by atoms with Gasteiger partial charge in [-0.2, -0.15) is 0 Å². The molecule has 0 atom stereocenters. The van der Waals surface area contributed by atoms with E-state index in [1.54, 1.807) is 18.5 Å². The quantitative estimate of drug-likeness (QED) is 0.913. The normalized spacial score (nSPS) is 10.2. The fourth-order valence-corrected chi connectivity index (χ4v) is 1.69. The van der Waals surface area contributed by atoms with Crippen LogP contribution < -0.4 is 5.32 Å². The minimum Gasteiger partial charge on any atom is -0.347 e. The van der Waals surface area contributed by atoms with Gasteiger partial charge in [-0.15, -0.1) is 0 Å². The molecule has 2 aromatic rings. The van der Waals surface area contributed by atoms with Crippen LogP contribution in [-0.2, 0) is 6.54 Å². The van der Waals surface area contributed by atoms with Crippen LogP contribution >= 0.6 is 15.9 Å². The van der Waals surface area contributed by atoms with Crippen molar-refractivity contribution in [3.8, 4) is 0 Å². The molecule has 0 spiro atoms. The van der Waals surface area contributed by atoms with Crippen LogP contribution in [0, 0.1) is 5.82 Å². The first-order valence-corrected chi connectivity index (χ1v) is 5.67. The molecule has 0 unspecified atom stereocenters. The average molecular weight is 298 g/mol. The maximum absolute atomic E-state index is 13.4. The Labute approximate surface area is 105 Å². The molecular formula is C11H9BrFN3O. The first kappa shape index (κ1) is 11.8. The third kappa shape index (κ3) is 2.91. The van der Waals surface area contributed by atoms with Crippen molar-refractivity contribution in [1.82, 2.24) is 15.3 Å². The van der Waals surface area contributed by atoms with E-state index in [2.05, 4.69) is 31.2 Å². The standard InChI is InChI=1S/C11H9BrFN3O/c12-7-1-2-9(13)8(5-7)11(17)16-6-10-14-3-4-15-10/h1-5H,6H2,(H,14,15)(H,16,17). The van der Waals surface area contributed by atoms with E-state index in [-0.39, 0.29) is 12.1 Å². The fraction of sp³-hybridized carbons (Fsp3) is 0.0909. The fourth-order valence-electron chi connectivity index (χ4n) is 1.33. The summed E-state index contributed by atoms with van der Waals surface area (Å²) in [7, 11) is 0. The highest BCUT2D eigenvalue weighted by Crippen LogP contribution is 2.15. The lowest BCUT2D eigenvalue weighted by Gasteiger charge is -2.05. The Bertz CT molecular complexity index is 528. The Morgan fingerprint density at radius 1 is 1.53 bits per heavy atom. The van der Waals surface area contributed by atoms with Gasteiger partial charge < -0.3 is 10.3 Å². The summed E-state index contributed by atoms with van der Waals surface area (Å²) >= 11 is 3.19. The van der Waals surface area contributed by atoms with Gasteiger partial charge in [0.15, 0.2) is 0 Å². The van der Waals surface area contributed by atoms with E-state index >= 15 is 0 Å². The number of carbonyl (C=O) groups excluding carboxylic acids is 1. The zero-order valence-corrected chi connectivity index (χ0v) is 10.3. The molecule has 1 amide bonds. The number of aromatic amines is 1. The number of carbonyl (C=O) groups is 1. The second-order valence-corrected chi connectivity index (χ2v) is 4.26. The monoisotopic (exact) mass is 297 g/mol. The Hall–Kier alpha value is -1.69. The van der Waals surface area contributed by atoms with E-state index in [1.165, 1.54) is 12.1 Å². The third-order valence-electron chi connectivity index (χ3n) is 2.14. The molecule has 0 aliphatic heterocycles. The number of nitrogens with one attached hydrogen (secondary N) is 2. The number of H-pyrrole nitrogens is 1. The molecule has 2 rings (SSSR count). The van der Waals surface area contributed by atoms with Crippen molar-refractivity contribution in [2.24, 2.45) is 0 Å². The highest BCUT2D eigenvalue weighted by Gasteiger charge is 2.11. The lowest BCUT2D eigenvalue weighted by Crippen LogP contribution is -2.24. The Balaban J connectivity index is 2.07. The number of imidazole rings is 1. The van der Waals surface area contributed by atoms with E-state index in [1.807, 2.05) is 0 Å². The number of nitrogens with zero attached hydrogens (tertiary/aromatic N) is 1.